The number of fused-ring (bicyclic) bond motifs is 1. The zero-order valence-corrected chi connectivity index (χ0v) is 17.6. The number of hydrogen-bond acceptors (Lipinski definition) is 6. The molecular weight excluding hydrogens is 414 g/mol. The summed E-state index contributed by atoms with van der Waals surface area (Å²) in [5, 5.41) is 11.5. The van der Waals surface area contributed by atoms with Gasteiger partial charge in [-0.05, 0) is 42.0 Å². The first-order valence-electron chi connectivity index (χ1n) is 10.4. The summed E-state index contributed by atoms with van der Waals surface area (Å²) in [7, 11) is 0. The van der Waals surface area contributed by atoms with Gasteiger partial charge in [-0.25, -0.2) is 4.98 Å². The average Bonchev–Trinajstić information content (AvgIpc) is 3.23. The first-order chi connectivity index (χ1) is 16.1. The number of benzene rings is 3. The van der Waals surface area contributed by atoms with Crippen molar-refractivity contribution in [2.45, 2.75) is 6.42 Å². The Balaban J connectivity index is 1.33. The zero-order valence-electron chi connectivity index (χ0n) is 17.6. The van der Waals surface area contributed by atoms with E-state index in [9.17, 15) is 0 Å². The maximum atomic E-state index is 6.15. The smallest absolute Gasteiger partial charge is 0.199 e. The molecule has 0 aliphatic rings. The van der Waals surface area contributed by atoms with Gasteiger partial charge in [0.25, 0.3) is 0 Å². The molecule has 2 heterocycles. The molecule has 5 rings (SSSR count). The van der Waals surface area contributed by atoms with Gasteiger partial charge in [0.2, 0.25) is 0 Å². The Bertz CT molecular complexity index is 1430. The van der Waals surface area contributed by atoms with E-state index in [0.717, 1.165) is 28.0 Å². The Kier molecular flexibility index (Phi) is 5.38. The summed E-state index contributed by atoms with van der Waals surface area (Å²) in [6.07, 6.45) is 0.483. The van der Waals surface area contributed by atoms with Crippen LogP contribution in [0.5, 0.6) is 0 Å². The highest BCUT2D eigenvalue weighted by Crippen LogP contribution is 2.23. The number of hydrogen-bond donors (Lipinski definition) is 3. The molecule has 0 bridgehead atoms. The van der Waals surface area contributed by atoms with Gasteiger partial charge in [0.1, 0.15) is 5.52 Å². The fourth-order valence-electron chi connectivity index (χ4n) is 3.46. The molecule has 0 amide bonds. The molecule has 162 valence electrons. The van der Waals surface area contributed by atoms with Crippen molar-refractivity contribution < 1.29 is 4.42 Å². The third-order valence-corrected chi connectivity index (χ3v) is 5.03. The van der Waals surface area contributed by atoms with Crippen molar-refractivity contribution in [2.75, 3.05) is 11.1 Å². The number of oxazole rings is 1. The summed E-state index contributed by atoms with van der Waals surface area (Å²) in [6, 6.07) is 26.6. The van der Waals surface area contributed by atoms with Gasteiger partial charge in [0, 0.05) is 16.9 Å². The molecule has 8 heteroatoms. The van der Waals surface area contributed by atoms with E-state index < -0.39 is 0 Å². The van der Waals surface area contributed by atoms with Gasteiger partial charge in [0.15, 0.2) is 23.3 Å². The van der Waals surface area contributed by atoms with Crippen LogP contribution in [0.15, 0.2) is 94.3 Å². The van der Waals surface area contributed by atoms with E-state index in [0.29, 0.717) is 29.4 Å². The Morgan fingerprint density at radius 2 is 1.73 bits per heavy atom. The normalized spacial score (nSPS) is 11.6. The van der Waals surface area contributed by atoms with Gasteiger partial charge in [-0.3, -0.25) is 0 Å². The number of rotatable bonds is 5. The third-order valence-electron chi connectivity index (χ3n) is 5.03. The Hall–Kier alpha value is -4.72. The van der Waals surface area contributed by atoms with Crippen molar-refractivity contribution in [3.05, 3.63) is 96.4 Å². The van der Waals surface area contributed by atoms with Gasteiger partial charge in [-0.1, -0.05) is 48.5 Å². The summed E-state index contributed by atoms with van der Waals surface area (Å²) in [5.41, 5.74) is 17.6. The first kappa shape index (κ1) is 20.2. The standard InChI is InChI=1S/C25H21N7O/c26-18-10-12-22-21(15-18)28-24(33-22)14-17-8-4-5-9-19(17)29-25(27)30-23-13-11-20(31-32-23)16-6-2-1-3-7-16/h1-13,15H,14,26H2,(H3,27,29,30,32). The van der Waals surface area contributed by atoms with Gasteiger partial charge < -0.3 is 21.2 Å². The minimum atomic E-state index is 0.203. The molecule has 2 aromatic heterocycles. The maximum Gasteiger partial charge on any atom is 0.199 e. The van der Waals surface area contributed by atoms with Crippen molar-refractivity contribution in [1.29, 1.82) is 0 Å². The molecule has 0 fully saturated rings. The van der Waals surface area contributed by atoms with Crippen molar-refractivity contribution in [1.82, 2.24) is 15.2 Å². The van der Waals surface area contributed by atoms with Gasteiger partial charge in [-0.15, -0.1) is 10.2 Å². The Morgan fingerprint density at radius 3 is 2.55 bits per heavy atom. The molecule has 0 spiro atoms. The highest BCUT2D eigenvalue weighted by molar-refractivity contribution is 5.94. The zero-order chi connectivity index (χ0) is 22.6. The van der Waals surface area contributed by atoms with Gasteiger partial charge >= 0.3 is 0 Å². The molecule has 0 aliphatic heterocycles. The molecule has 0 saturated carbocycles. The molecular formula is C25H21N7O. The highest BCUT2D eigenvalue weighted by atomic mass is 16.3. The number of nitrogens with zero attached hydrogens (tertiary/aromatic N) is 4. The fraction of sp³-hybridized carbons (Fsp3) is 0.0400. The fourth-order valence-corrected chi connectivity index (χ4v) is 3.46. The minimum absolute atomic E-state index is 0.203. The van der Waals surface area contributed by atoms with Crippen LogP contribution in [0, 0.1) is 0 Å². The number of nitrogens with two attached hydrogens (primary N) is 2. The molecule has 5 N–H and O–H groups in total. The van der Waals surface area contributed by atoms with E-state index in [1.807, 2.05) is 66.7 Å². The number of para-hydroxylation sites is 1. The van der Waals surface area contributed by atoms with E-state index in [-0.39, 0.29) is 5.96 Å². The van der Waals surface area contributed by atoms with Crippen LogP contribution in [-0.4, -0.2) is 21.1 Å². The predicted octanol–water partition coefficient (Wildman–Crippen LogP) is 4.52. The maximum absolute atomic E-state index is 6.15. The van der Waals surface area contributed by atoms with E-state index >= 15 is 0 Å². The summed E-state index contributed by atoms with van der Waals surface area (Å²) in [6.45, 7) is 0. The van der Waals surface area contributed by atoms with Crippen molar-refractivity contribution in [3.63, 3.8) is 0 Å². The predicted molar refractivity (Wildman–Crippen MR) is 130 cm³/mol. The molecule has 3 aromatic carbocycles. The summed E-state index contributed by atoms with van der Waals surface area (Å²) in [5.74, 6) is 1.20. The van der Waals surface area contributed by atoms with Crippen molar-refractivity contribution in [2.24, 2.45) is 10.7 Å². The molecule has 8 nitrogen and oxygen atoms in total. The number of anilines is 2. The lowest BCUT2D eigenvalue weighted by Crippen LogP contribution is -2.23. The molecule has 5 aromatic rings. The first-order valence-corrected chi connectivity index (χ1v) is 10.4. The van der Waals surface area contributed by atoms with Crippen molar-refractivity contribution >= 4 is 34.3 Å². The lowest BCUT2D eigenvalue weighted by molar-refractivity contribution is 0.544. The quantitative estimate of drug-likeness (QED) is 0.210. The number of aliphatic imine (C=N–C) groups is 1. The Labute approximate surface area is 190 Å². The summed E-state index contributed by atoms with van der Waals surface area (Å²) in [4.78, 5) is 8.87. The molecule has 33 heavy (non-hydrogen) atoms. The van der Waals surface area contributed by atoms with Crippen LogP contribution in [0.25, 0.3) is 22.4 Å². The minimum Gasteiger partial charge on any atom is -0.440 e. The highest BCUT2D eigenvalue weighted by Gasteiger charge is 2.11. The molecule has 0 unspecified atom stereocenters. The number of nitrogens with one attached hydrogen (secondary N) is 1. The second-order valence-corrected chi connectivity index (χ2v) is 7.43. The van der Waals surface area contributed by atoms with Crippen molar-refractivity contribution in [3.8, 4) is 11.3 Å². The molecule has 0 atom stereocenters. The number of nitrogen functional groups attached to an aromatic ring is 1. The topological polar surface area (TPSA) is 128 Å². The van der Waals surface area contributed by atoms with Crippen LogP contribution in [0.3, 0.4) is 0 Å². The Morgan fingerprint density at radius 1 is 0.909 bits per heavy atom. The van der Waals surface area contributed by atoms with Crippen LogP contribution in [-0.2, 0) is 6.42 Å². The second kappa shape index (κ2) is 8.80. The third kappa shape index (κ3) is 4.64. The molecule has 0 radical (unpaired) electrons. The largest absolute Gasteiger partial charge is 0.440 e. The summed E-state index contributed by atoms with van der Waals surface area (Å²) >= 11 is 0. The second-order valence-electron chi connectivity index (χ2n) is 7.43. The van der Waals surface area contributed by atoms with Crippen LogP contribution in [0.1, 0.15) is 11.5 Å². The summed E-state index contributed by atoms with van der Waals surface area (Å²) < 4.78 is 5.86. The van der Waals surface area contributed by atoms with Crippen LogP contribution in [0.2, 0.25) is 0 Å². The van der Waals surface area contributed by atoms with E-state index in [1.54, 1.807) is 18.2 Å². The van der Waals surface area contributed by atoms with E-state index in [2.05, 4.69) is 25.5 Å². The molecule has 0 saturated heterocycles. The average molecular weight is 435 g/mol. The van der Waals surface area contributed by atoms with E-state index in [1.165, 1.54) is 0 Å². The van der Waals surface area contributed by atoms with Gasteiger partial charge in [-0.2, -0.15) is 4.99 Å². The van der Waals surface area contributed by atoms with Gasteiger partial charge in [0.05, 0.1) is 12.1 Å². The van der Waals surface area contributed by atoms with Crippen LogP contribution >= 0.6 is 0 Å². The monoisotopic (exact) mass is 435 g/mol. The lowest BCUT2D eigenvalue weighted by Gasteiger charge is -2.10. The van der Waals surface area contributed by atoms with Crippen LogP contribution in [0.4, 0.5) is 17.2 Å². The lowest BCUT2D eigenvalue weighted by atomic mass is 10.1. The SMILES string of the molecule is NC(=Nc1ccc(-c2ccccc2)nn1)Nc1ccccc1Cc1nc2cc(N)ccc2o1. The number of guanidine groups is 1. The number of aromatic nitrogens is 3. The molecule has 0 aliphatic carbocycles. The van der Waals surface area contributed by atoms with Crippen LogP contribution < -0.4 is 16.8 Å². The van der Waals surface area contributed by atoms with E-state index in [4.69, 9.17) is 15.9 Å².